The number of amides is 1. The summed E-state index contributed by atoms with van der Waals surface area (Å²) in [6, 6.07) is 18.4. The van der Waals surface area contributed by atoms with Crippen molar-refractivity contribution in [2.45, 2.75) is 20.5 Å². The zero-order valence-corrected chi connectivity index (χ0v) is 22.2. The van der Waals surface area contributed by atoms with Crippen LogP contribution in [0.2, 0.25) is 10.0 Å². The molecule has 1 amide bonds. The first-order valence-electron chi connectivity index (χ1n) is 10.3. The van der Waals surface area contributed by atoms with Crippen LogP contribution < -0.4 is 14.8 Å². The molecule has 0 heterocycles. The summed E-state index contributed by atoms with van der Waals surface area (Å²) in [5.41, 5.74) is 3.07. The van der Waals surface area contributed by atoms with Crippen LogP contribution in [0.25, 0.3) is 6.08 Å². The molecule has 5 nitrogen and oxygen atoms in total. The number of nitrogens with zero attached hydrogens (tertiary/aromatic N) is 1. The number of carbonyl (C=O) groups excluding carboxylic acids is 1. The second-order valence-electron chi connectivity index (χ2n) is 7.20. The van der Waals surface area contributed by atoms with Gasteiger partial charge in [-0.05, 0) is 83.5 Å². The van der Waals surface area contributed by atoms with Gasteiger partial charge in [0.15, 0.2) is 11.5 Å². The Morgan fingerprint density at radius 2 is 1.91 bits per heavy atom. The fourth-order valence-electron chi connectivity index (χ4n) is 3.10. The highest BCUT2D eigenvalue weighted by Gasteiger charge is 2.16. The van der Waals surface area contributed by atoms with Crippen molar-refractivity contribution in [2.24, 2.45) is 0 Å². The zero-order chi connectivity index (χ0) is 24.7. The Kier molecular flexibility index (Phi) is 9.22. The van der Waals surface area contributed by atoms with Crippen molar-refractivity contribution in [3.8, 4) is 17.6 Å². The molecule has 0 saturated heterocycles. The first-order chi connectivity index (χ1) is 16.3. The molecular weight excluding hydrogens is 586 g/mol. The number of aryl methyl sites for hydroxylation is 1. The number of hydrogen-bond donors (Lipinski definition) is 1. The summed E-state index contributed by atoms with van der Waals surface area (Å²) in [5, 5.41) is 12.7. The van der Waals surface area contributed by atoms with Gasteiger partial charge in [0.25, 0.3) is 5.91 Å². The third-order valence-electron chi connectivity index (χ3n) is 4.84. The predicted molar refractivity (Wildman–Crippen MR) is 145 cm³/mol. The van der Waals surface area contributed by atoms with Gasteiger partial charge in [0.05, 0.1) is 25.9 Å². The number of carbonyl (C=O) groups is 1. The fourth-order valence-corrected chi connectivity index (χ4v) is 4.23. The van der Waals surface area contributed by atoms with E-state index in [4.69, 9.17) is 32.7 Å². The molecule has 174 valence electrons. The van der Waals surface area contributed by atoms with E-state index in [1.54, 1.807) is 24.3 Å². The average molecular weight is 607 g/mol. The van der Waals surface area contributed by atoms with Crippen molar-refractivity contribution < 1.29 is 14.3 Å². The van der Waals surface area contributed by atoms with Crippen molar-refractivity contribution in [1.29, 1.82) is 5.26 Å². The van der Waals surface area contributed by atoms with E-state index in [1.807, 2.05) is 50.2 Å². The van der Waals surface area contributed by atoms with E-state index in [0.29, 0.717) is 41.0 Å². The van der Waals surface area contributed by atoms with Gasteiger partial charge >= 0.3 is 0 Å². The molecule has 8 heteroatoms. The standard InChI is InChI=1S/C26H21Cl2IN2O3/c1-3-33-23-13-17(12-21(29)25(23)34-15-18-8-5-4-7-16(18)2)11-19(14-30)26(32)31-22-10-6-9-20(27)24(22)28/h4-13H,3,15H2,1-2H3,(H,31,32)/b19-11+. The monoisotopic (exact) mass is 606 g/mol. The number of nitrogens with one attached hydrogen (secondary N) is 1. The summed E-state index contributed by atoms with van der Waals surface area (Å²) in [7, 11) is 0. The van der Waals surface area contributed by atoms with Crippen molar-refractivity contribution >= 4 is 63.5 Å². The van der Waals surface area contributed by atoms with Gasteiger partial charge in [0, 0.05) is 0 Å². The highest BCUT2D eigenvalue weighted by Crippen LogP contribution is 2.36. The van der Waals surface area contributed by atoms with E-state index in [0.717, 1.165) is 14.7 Å². The molecule has 0 aliphatic carbocycles. The summed E-state index contributed by atoms with van der Waals surface area (Å²) < 4.78 is 12.7. The van der Waals surface area contributed by atoms with Crippen LogP contribution in [0.3, 0.4) is 0 Å². The lowest BCUT2D eigenvalue weighted by Crippen LogP contribution is -2.13. The van der Waals surface area contributed by atoms with E-state index in [2.05, 4.69) is 27.9 Å². The maximum absolute atomic E-state index is 12.7. The van der Waals surface area contributed by atoms with Crippen molar-refractivity contribution in [2.75, 3.05) is 11.9 Å². The molecule has 0 spiro atoms. The van der Waals surface area contributed by atoms with Crippen molar-refractivity contribution in [3.05, 3.63) is 90.5 Å². The van der Waals surface area contributed by atoms with Gasteiger partial charge in [-0.2, -0.15) is 5.26 Å². The quantitative estimate of drug-likeness (QED) is 0.164. The molecule has 3 aromatic rings. The normalized spacial score (nSPS) is 11.0. The predicted octanol–water partition coefficient (Wildman–Crippen LogP) is 7.43. The first-order valence-corrected chi connectivity index (χ1v) is 12.2. The van der Waals surface area contributed by atoms with Gasteiger partial charge in [-0.25, -0.2) is 0 Å². The minimum Gasteiger partial charge on any atom is -0.490 e. The van der Waals surface area contributed by atoms with Gasteiger partial charge in [-0.3, -0.25) is 4.79 Å². The molecule has 1 N–H and O–H groups in total. The van der Waals surface area contributed by atoms with E-state index < -0.39 is 5.91 Å². The lowest BCUT2D eigenvalue weighted by molar-refractivity contribution is -0.112. The van der Waals surface area contributed by atoms with Crippen LogP contribution in [0.5, 0.6) is 11.5 Å². The number of benzene rings is 3. The van der Waals surface area contributed by atoms with Crippen LogP contribution in [0.4, 0.5) is 5.69 Å². The Morgan fingerprint density at radius 3 is 2.62 bits per heavy atom. The van der Waals surface area contributed by atoms with Crippen LogP contribution in [-0.2, 0) is 11.4 Å². The van der Waals surface area contributed by atoms with Gasteiger partial charge in [-0.1, -0.05) is 53.5 Å². The largest absolute Gasteiger partial charge is 0.490 e. The molecule has 3 aromatic carbocycles. The van der Waals surface area contributed by atoms with Crippen LogP contribution in [-0.4, -0.2) is 12.5 Å². The minimum atomic E-state index is -0.598. The number of hydrogen-bond acceptors (Lipinski definition) is 4. The first kappa shape index (κ1) is 25.9. The number of rotatable bonds is 8. The van der Waals surface area contributed by atoms with Crippen LogP contribution >= 0.6 is 45.8 Å². The summed E-state index contributed by atoms with van der Waals surface area (Å²) in [6.07, 6.45) is 1.49. The topological polar surface area (TPSA) is 71.3 Å². The molecule has 0 aliphatic heterocycles. The Bertz CT molecular complexity index is 1290. The second-order valence-corrected chi connectivity index (χ2v) is 9.15. The Morgan fingerprint density at radius 1 is 1.15 bits per heavy atom. The van der Waals surface area contributed by atoms with Gasteiger partial charge in [0.2, 0.25) is 0 Å². The van der Waals surface area contributed by atoms with Crippen LogP contribution in [0, 0.1) is 21.8 Å². The van der Waals surface area contributed by atoms with Crippen LogP contribution in [0.1, 0.15) is 23.6 Å². The van der Waals surface area contributed by atoms with E-state index in [-0.39, 0.29) is 10.6 Å². The smallest absolute Gasteiger partial charge is 0.266 e. The third kappa shape index (κ3) is 6.44. The van der Waals surface area contributed by atoms with Crippen LogP contribution in [0.15, 0.2) is 60.2 Å². The van der Waals surface area contributed by atoms with E-state index >= 15 is 0 Å². The molecule has 0 aromatic heterocycles. The molecule has 0 bridgehead atoms. The molecule has 0 fully saturated rings. The summed E-state index contributed by atoms with van der Waals surface area (Å²) in [6.45, 7) is 4.74. The molecular formula is C26H21Cl2IN2O3. The molecule has 0 unspecified atom stereocenters. The molecule has 0 radical (unpaired) electrons. The molecule has 3 rings (SSSR count). The zero-order valence-electron chi connectivity index (χ0n) is 18.5. The van der Waals surface area contributed by atoms with Gasteiger partial charge < -0.3 is 14.8 Å². The molecule has 0 saturated carbocycles. The Balaban J connectivity index is 1.87. The van der Waals surface area contributed by atoms with Crippen molar-refractivity contribution in [3.63, 3.8) is 0 Å². The SMILES string of the molecule is CCOc1cc(/C=C(\C#N)C(=O)Nc2cccc(Cl)c2Cl)cc(I)c1OCc1ccccc1C. The minimum absolute atomic E-state index is 0.0946. The maximum atomic E-state index is 12.7. The second kappa shape index (κ2) is 12.1. The van der Waals surface area contributed by atoms with E-state index in [9.17, 15) is 10.1 Å². The summed E-state index contributed by atoms with van der Waals surface area (Å²) in [5.74, 6) is 0.542. The number of anilines is 1. The lowest BCUT2D eigenvalue weighted by atomic mass is 10.1. The van der Waals surface area contributed by atoms with Gasteiger partial charge in [0.1, 0.15) is 18.2 Å². The molecule has 0 aliphatic rings. The van der Waals surface area contributed by atoms with E-state index in [1.165, 1.54) is 6.08 Å². The van der Waals surface area contributed by atoms with Crippen molar-refractivity contribution in [1.82, 2.24) is 0 Å². The average Bonchev–Trinajstić information content (AvgIpc) is 2.81. The number of nitriles is 1. The molecule has 34 heavy (non-hydrogen) atoms. The highest BCUT2D eigenvalue weighted by molar-refractivity contribution is 14.1. The Labute approximate surface area is 222 Å². The molecule has 0 atom stereocenters. The summed E-state index contributed by atoms with van der Waals surface area (Å²) >= 11 is 14.3. The van der Waals surface area contributed by atoms with Gasteiger partial charge in [-0.15, -0.1) is 0 Å². The lowest BCUT2D eigenvalue weighted by Gasteiger charge is -2.16. The number of ether oxygens (including phenoxy) is 2. The highest BCUT2D eigenvalue weighted by atomic mass is 127. The number of halogens is 3. The summed E-state index contributed by atoms with van der Waals surface area (Å²) in [4.78, 5) is 12.7. The fraction of sp³-hybridized carbons (Fsp3) is 0.154. The third-order valence-corrected chi connectivity index (χ3v) is 6.46. The maximum Gasteiger partial charge on any atom is 0.266 e. The Hall–Kier alpha value is -2.73.